The number of anilines is 1. The molecule has 0 unspecified atom stereocenters. The highest BCUT2D eigenvalue weighted by atomic mass is 32.1. The van der Waals surface area contributed by atoms with Gasteiger partial charge in [-0.2, -0.15) is 5.10 Å². The molecule has 0 saturated carbocycles. The van der Waals surface area contributed by atoms with E-state index in [2.05, 4.69) is 20.4 Å². The Morgan fingerprint density at radius 3 is 2.87 bits per heavy atom. The second-order valence-corrected chi connectivity index (χ2v) is 9.16. The van der Waals surface area contributed by atoms with Crippen LogP contribution in [0.3, 0.4) is 0 Å². The lowest BCUT2D eigenvalue weighted by Crippen LogP contribution is -2.27. The second-order valence-electron chi connectivity index (χ2n) is 7.35. The van der Waals surface area contributed by atoms with Gasteiger partial charge < -0.3 is 5.32 Å². The number of rotatable bonds is 5. The van der Waals surface area contributed by atoms with Gasteiger partial charge in [-0.3, -0.25) is 14.2 Å². The van der Waals surface area contributed by atoms with Crippen molar-refractivity contribution < 1.29 is 4.79 Å². The largest absolute Gasteiger partial charge is 0.323 e. The maximum atomic E-state index is 13.1. The molecule has 31 heavy (non-hydrogen) atoms. The van der Waals surface area contributed by atoms with Crippen molar-refractivity contribution in [3.05, 3.63) is 58.0 Å². The second kappa shape index (κ2) is 7.71. The van der Waals surface area contributed by atoms with Gasteiger partial charge in [-0.15, -0.1) is 22.7 Å². The molecule has 156 valence electrons. The van der Waals surface area contributed by atoms with Crippen LogP contribution in [-0.2, 0) is 11.3 Å². The average Bonchev–Trinajstić information content (AvgIpc) is 3.48. The fourth-order valence-corrected chi connectivity index (χ4v) is 5.16. The maximum absolute atomic E-state index is 13.1. The van der Waals surface area contributed by atoms with Crippen LogP contribution in [0.5, 0.6) is 0 Å². The first kappa shape index (κ1) is 19.6. The molecule has 5 aromatic heterocycles. The Bertz CT molecular complexity index is 1460. The summed E-state index contributed by atoms with van der Waals surface area (Å²) in [6.07, 6.45) is 4.74. The van der Waals surface area contributed by atoms with Crippen molar-refractivity contribution in [1.82, 2.24) is 24.3 Å². The van der Waals surface area contributed by atoms with Crippen LogP contribution in [0.25, 0.3) is 31.7 Å². The number of carbonyl (C=O) groups is 1. The summed E-state index contributed by atoms with van der Waals surface area (Å²) in [5, 5.41) is 12.4. The molecule has 0 radical (unpaired) electrons. The summed E-state index contributed by atoms with van der Waals surface area (Å²) in [6, 6.07) is 5.93. The lowest BCUT2D eigenvalue weighted by molar-refractivity contribution is -0.116. The molecule has 5 heterocycles. The lowest BCUT2D eigenvalue weighted by Gasteiger charge is -2.09. The van der Waals surface area contributed by atoms with Crippen molar-refractivity contribution in [1.29, 1.82) is 0 Å². The topological polar surface area (TPSA) is 94.7 Å². The van der Waals surface area contributed by atoms with Gasteiger partial charge in [-0.05, 0) is 31.4 Å². The van der Waals surface area contributed by atoms with E-state index in [4.69, 9.17) is 0 Å². The molecule has 8 nitrogen and oxygen atoms in total. The quantitative estimate of drug-likeness (QED) is 0.434. The third kappa shape index (κ3) is 3.53. The Labute approximate surface area is 184 Å². The summed E-state index contributed by atoms with van der Waals surface area (Å²) >= 11 is 2.99. The zero-order valence-electron chi connectivity index (χ0n) is 16.8. The van der Waals surface area contributed by atoms with Gasteiger partial charge in [0, 0.05) is 27.2 Å². The van der Waals surface area contributed by atoms with E-state index in [1.54, 1.807) is 23.7 Å². The summed E-state index contributed by atoms with van der Waals surface area (Å²) in [5.74, 6) is -0.325. The molecular formula is C21H18N6O2S2. The van der Waals surface area contributed by atoms with Crippen molar-refractivity contribution in [2.24, 2.45) is 0 Å². The molecule has 5 aromatic rings. The first-order valence-electron chi connectivity index (χ1n) is 9.65. The van der Waals surface area contributed by atoms with Gasteiger partial charge in [0.25, 0.3) is 5.56 Å². The molecule has 0 aliphatic rings. The van der Waals surface area contributed by atoms with E-state index >= 15 is 0 Å². The lowest BCUT2D eigenvalue weighted by atomic mass is 10.2. The monoisotopic (exact) mass is 450 g/mol. The molecule has 0 atom stereocenters. The highest BCUT2D eigenvalue weighted by Crippen LogP contribution is 2.33. The molecular weight excluding hydrogens is 432 g/mol. The molecule has 5 rings (SSSR count). The highest BCUT2D eigenvalue weighted by molar-refractivity contribution is 7.18. The predicted molar refractivity (Wildman–Crippen MR) is 124 cm³/mol. The van der Waals surface area contributed by atoms with E-state index in [9.17, 15) is 9.59 Å². The average molecular weight is 451 g/mol. The van der Waals surface area contributed by atoms with E-state index in [0.717, 1.165) is 21.5 Å². The van der Waals surface area contributed by atoms with E-state index < -0.39 is 0 Å². The van der Waals surface area contributed by atoms with Crippen LogP contribution in [-0.4, -0.2) is 30.2 Å². The molecule has 0 spiro atoms. The minimum atomic E-state index is -0.325. The van der Waals surface area contributed by atoms with Gasteiger partial charge in [-0.1, -0.05) is 6.07 Å². The van der Waals surface area contributed by atoms with E-state index in [0.29, 0.717) is 15.9 Å². The summed E-state index contributed by atoms with van der Waals surface area (Å²) in [4.78, 5) is 36.2. The Morgan fingerprint density at radius 1 is 1.23 bits per heavy atom. The van der Waals surface area contributed by atoms with Crippen molar-refractivity contribution in [3.63, 3.8) is 0 Å². The van der Waals surface area contributed by atoms with Crippen LogP contribution < -0.4 is 10.9 Å². The normalized spacial score (nSPS) is 11.6. The number of carbonyl (C=O) groups excluding carboxylic acids is 1. The third-order valence-electron chi connectivity index (χ3n) is 4.87. The Kier molecular flexibility index (Phi) is 4.87. The number of hydrogen-bond acceptors (Lipinski definition) is 7. The van der Waals surface area contributed by atoms with Crippen LogP contribution in [0.4, 0.5) is 5.69 Å². The fourth-order valence-electron chi connectivity index (χ4n) is 3.43. The van der Waals surface area contributed by atoms with Gasteiger partial charge >= 0.3 is 0 Å². The molecule has 10 heteroatoms. The highest BCUT2D eigenvalue weighted by Gasteiger charge is 2.16. The summed E-state index contributed by atoms with van der Waals surface area (Å²) < 4.78 is 3.16. The smallest absolute Gasteiger partial charge is 0.263 e. The molecule has 0 fully saturated rings. The third-order valence-corrected chi connectivity index (χ3v) is 6.66. The number of thiophene rings is 2. The van der Waals surface area contributed by atoms with Crippen LogP contribution >= 0.6 is 22.7 Å². The van der Waals surface area contributed by atoms with Crippen LogP contribution in [0, 0.1) is 0 Å². The number of pyridine rings is 1. The number of amides is 1. The number of hydrogen-bond donors (Lipinski definition) is 1. The van der Waals surface area contributed by atoms with Crippen LogP contribution in [0.1, 0.15) is 19.9 Å². The summed E-state index contributed by atoms with van der Waals surface area (Å²) in [6.45, 7) is 3.93. The minimum Gasteiger partial charge on any atom is -0.323 e. The SMILES string of the molecule is CC(C)n1ncc2cc(NC(=O)Cn3cnc4scc(-c5cccs5)c4c3=O)cnc21. The Hall–Kier alpha value is -3.37. The van der Waals surface area contributed by atoms with Gasteiger partial charge in [0.15, 0.2) is 5.65 Å². The number of aromatic nitrogens is 5. The first-order chi connectivity index (χ1) is 15.0. The van der Waals surface area contributed by atoms with Gasteiger partial charge in [-0.25, -0.2) is 14.6 Å². The zero-order valence-corrected chi connectivity index (χ0v) is 18.4. The van der Waals surface area contributed by atoms with E-state index in [1.807, 2.05) is 47.5 Å². The first-order valence-corrected chi connectivity index (χ1v) is 11.4. The Balaban J connectivity index is 1.40. The number of nitrogens with one attached hydrogen (secondary N) is 1. The van der Waals surface area contributed by atoms with Crippen LogP contribution in [0.15, 0.2) is 52.5 Å². The number of nitrogens with zero attached hydrogens (tertiary/aromatic N) is 5. The van der Waals surface area contributed by atoms with Crippen molar-refractivity contribution in [2.45, 2.75) is 26.4 Å². The van der Waals surface area contributed by atoms with Gasteiger partial charge in [0.2, 0.25) is 5.91 Å². The summed E-state index contributed by atoms with van der Waals surface area (Å²) in [7, 11) is 0. The minimum absolute atomic E-state index is 0.134. The van der Waals surface area contributed by atoms with Gasteiger partial charge in [0.05, 0.1) is 29.8 Å². The zero-order chi connectivity index (χ0) is 21.5. The number of fused-ring (bicyclic) bond motifs is 2. The molecule has 0 aliphatic carbocycles. The van der Waals surface area contributed by atoms with Crippen molar-refractivity contribution in [2.75, 3.05) is 5.32 Å². The van der Waals surface area contributed by atoms with E-state index in [-0.39, 0.29) is 24.1 Å². The van der Waals surface area contributed by atoms with Crippen molar-refractivity contribution in [3.8, 4) is 10.4 Å². The standard InChI is InChI=1S/C21H18N6O2S2/c1-12(2)27-19-13(7-24-27)6-14(8-22-19)25-17(28)9-26-11-23-20-18(21(26)29)15(10-31-20)16-4-3-5-30-16/h3-8,10-12H,9H2,1-2H3,(H,25,28). The maximum Gasteiger partial charge on any atom is 0.263 e. The molecule has 0 aliphatic heterocycles. The molecule has 0 saturated heterocycles. The fraction of sp³-hybridized carbons (Fsp3) is 0.190. The molecule has 0 aromatic carbocycles. The summed E-state index contributed by atoms with van der Waals surface area (Å²) in [5.41, 5.74) is 1.95. The Morgan fingerprint density at radius 2 is 2.10 bits per heavy atom. The predicted octanol–water partition coefficient (Wildman–Crippen LogP) is 4.15. The van der Waals surface area contributed by atoms with Gasteiger partial charge in [0.1, 0.15) is 11.4 Å². The van der Waals surface area contributed by atoms with Crippen LogP contribution in [0.2, 0.25) is 0 Å². The van der Waals surface area contributed by atoms with E-state index in [1.165, 1.54) is 22.2 Å². The molecule has 1 amide bonds. The molecule has 0 bridgehead atoms. The van der Waals surface area contributed by atoms with Crippen molar-refractivity contribution >= 4 is 55.5 Å². The molecule has 1 N–H and O–H groups in total.